The van der Waals surface area contributed by atoms with E-state index >= 15 is 0 Å². The first kappa shape index (κ1) is 14.0. The SMILES string of the molecule is CC(c1ccc(Br)cc1)N1CCC(N)C(C)(C)C1. The highest BCUT2D eigenvalue weighted by molar-refractivity contribution is 9.10. The standard InChI is InChI=1S/C15H23BrN2/c1-11(12-4-6-13(16)7-5-12)18-9-8-14(17)15(2,3)10-18/h4-7,11,14H,8-10,17H2,1-3H3. The van der Waals surface area contributed by atoms with Gasteiger partial charge >= 0.3 is 0 Å². The third-order valence-electron chi connectivity index (χ3n) is 4.24. The number of hydrogen-bond acceptors (Lipinski definition) is 2. The van der Waals surface area contributed by atoms with Crippen LogP contribution in [-0.4, -0.2) is 24.0 Å². The van der Waals surface area contributed by atoms with E-state index in [1.807, 2.05) is 0 Å². The van der Waals surface area contributed by atoms with Crippen molar-refractivity contribution < 1.29 is 0 Å². The zero-order valence-electron chi connectivity index (χ0n) is 11.5. The molecule has 1 aliphatic heterocycles. The van der Waals surface area contributed by atoms with Gasteiger partial charge < -0.3 is 5.73 Å². The van der Waals surface area contributed by atoms with Crippen LogP contribution in [0.3, 0.4) is 0 Å². The van der Waals surface area contributed by atoms with Gasteiger partial charge in [0.15, 0.2) is 0 Å². The molecule has 0 spiro atoms. The molecule has 2 unspecified atom stereocenters. The maximum absolute atomic E-state index is 6.20. The smallest absolute Gasteiger partial charge is 0.0320 e. The van der Waals surface area contributed by atoms with E-state index in [9.17, 15) is 0 Å². The van der Waals surface area contributed by atoms with Gasteiger partial charge in [-0.2, -0.15) is 0 Å². The van der Waals surface area contributed by atoms with Gasteiger partial charge in [-0.1, -0.05) is 41.9 Å². The Morgan fingerprint density at radius 1 is 1.33 bits per heavy atom. The van der Waals surface area contributed by atoms with Crippen molar-refractivity contribution in [3.63, 3.8) is 0 Å². The second-order valence-corrected chi connectivity index (χ2v) is 7.00. The Morgan fingerprint density at radius 3 is 2.50 bits per heavy atom. The lowest BCUT2D eigenvalue weighted by Crippen LogP contribution is -2.52. The number of nitrogens with two attached hydrogens (primary N) is 1. The first-order valence-electron chi connectivity index (χ1n) is 6.65. The molecule has 0 amide bonds. The van der Waals surface area contributed by atoms with Crippen LogP contribution in [0.5, 0.6) is 0 Å². The van der Waals surface area contributed by atoms with Gasteiger partial charge in [0, 0.05) is 29.6 Å². The second kappa shape index (κ2) is 5.32. The molecule has 2 atom stereocenters. The predicted octanol–water partition coefficient (Wildman–Crippen LogP) is 3.57. The zero-order valence-corrected chi connectivity index (χ0v) is 13.1. The highest BCUT2D eigenvalue weighted by Crippen LogP contribution is 2.33. The number of piperidine rings is 1. The number of nitrogens with zero attached hydrogens (tertiary/aromatic N) is 1. The highest BCUT2D eigenvalue weighted by atomic mass is 79.9. The van der Waals surface area contributed by atoms with Crippen LogP contribution in [0.4, 0.5) is 0 Å². The molecule has 1 aliphatic rings. The summed E-state index contributed by atoms with van der Waals surface area (Å²) in [6.45, 7) is 9.01. The summed E-state index contributed by atoms with van der Waals surface area (Å²) >= 11 is 3.49. The van der Waals surface area contributed by atoms with Gasteiger partial charge in [-0.3, -0.25) is 4.90 Å². The normalized spacial score (nSPS) is 25.9. The minimum absolute atomic E-state index is 0.210. The Labute approximate surface area is 119 Å². The first-order valence-corrected chi connectivity index (χ1v) is 7.44. The van der Waals surface area contributed by atoms with Crippen molar-refractivity contribution in [1.29, 1.82) is 0 Å². The van der Waals surface area contributed by atoms with Crippen LogP contribution >= 0.6 is 15.9 Å². The number of benzene rings is 1. The van der Waals surface area contributed by atoms with Crippen molar-refractivity contribution in [1.82, 2.24) is 4.90 Å². The Balaban J connectivity index is 2.10. The lowest BCUT2D eigenvalue weighted by atomic mass is 9.79. The maximum Gasteiger partial charge on any atom is 0.0320 e. The van der Waals surface area contributed by atoms with Crippen LogP contribution in [0.2, 0.25) is 0 Å². The number of hydrogen-bond donors (Lipinski definition) is 1. The molecule has 0 aromatic heterocycles. The number of likely N-dealkylation sites (tertiary alicyclic amines) is 1. The van der Waals surface area contributed by atoms with Crippen LogP contribution in [-0.2, 0) is 0 Å². The summed E-state index contributed by atoms with van der Waals surface area (Å²) in [5.41, 5.74) is 7.79. The van der Waals surface area contributed by atoms with E-state index in [4.69, 9.17) is 5.73 Å². The van der Waals surface area contributed by atoms with E-state index in [-0.39, 0.29) is 5.41 Å². The van der Waals surface area contributed by atoms with E-state index in [0.717, 1.165) is 24.0 Å². The van der Waals surface area contributed by atoms with Crippen LogP contribution in [0.1, 0.15) is 38.8 Å². The van der Waals surface area contributed by atoms with Gasteiger partial charge in [-0.05, 0) is 36.5 Å². The largest absolute Gasteiger partial charge is 0.327 e. The average Bonchev–Trinajstić information content (AvgIpc) is 2.33. The molecular formula is C15H23BrN2. The first-order chi connectivity index (χ1) is 8.40. The molecule has 2 rings (SSSR count). The van der Waals surface area contributed by atoms with Gasteiger partial charge in [0.2, 0.25) is 0 Å². The summed E-state index contributed by atoms with van der Waals surface area (Å²) in [6.07, 6.45) is 1.09. The fourth-order valence-corrected chi connectivity index (χ4v) is 2.96. The molecular weight excluding hydrogens is 288 g/mol. The van der Waals surface area contributed by atoms with Crippen molar-refractivity contribution in [2.24, 2.45) is 11.1 Å². The van der Waals surface area contributed by atoms with E-state index in [2.05, 4.69) is 65.9 Å². The van der Waals surface area contributed by atoms with Crippen LogP contribution in [0.25, 0.3) is 0 Å². The van der Waals surface area contributed by atoms with Crippen molar-refractivity contribution in [3.8, 4) is 0 Å². The third kappa shape index (κ3) is 2.95. The third-order valence-corrected chi connectivity index (χ3v) is 4.77. The molecule has 3 heteroatoms. The molecule has 0 saturated carbocycles. The van der Waals surface area contributed by atoms with E-state index < -0.39 is 0 Å². The molecule has 0 aliphatic carbocycles. The summed E-state index contributed by atoms with van der Waals surface area (Å²) in [5, 5.41) is 0. The lowest BCUT2D eigenvalue weighted by molar-refractivity contribution is 0.0664. The summed E-state index contributed by atoms with van der Waals surface area (Å²) in [5.74, 6) is 0. The molecule has 2 N–H and O–H groups in total. The molecule has 1 saturated heterocycles. The molecule has 1 fully saturated rings. The van der Waals surface area contributed by atoms with Crippen molar-refractivity contribution >= 4 is 15.9 Å². The van der Waals surface area contributed by atoms with E-state index in [1.165, 1.54) is 5.56 Å². The Kier molecular flexibility index (Phi) is 4.15. The average molecular weight is 311 g/mol. The predicted molar refractivity (Wildman–Crippen MR) is 80.5 cm³/mol. The van der Waals surface area contributed by atoms with Gasteiger partial charge in [0.25, 0.3) is 0 Å². The fourth-order valence-electron chi connectivity index (χ4n) is 2.70. The summed E-state index contributed by atoms with van der Waals surface area (Å²) in [4.78, 5) is 2.55. The van der Waals surface area contributed by atoms with E-state index in [1.54, 1.807) is 0 Å². The van der Waals surface area contributed by atoms with Gasteiger partial charge in [-0.15, -0.1) is 0 Å². The van der Waals surface area contributed by atoms with Crippen LogP contribution in [0, 0.1) is 5.41 Å². The summed E-state index contributed by atoms with van der Waals surface area (Å²) in [7, 11) is 0. The second-order valence-electron chi connectivity index (χ2n) is 6.08. The maximum atomic E-state index is 6.20. The Bertz CT molecular complexity index is 399. The summed E-state index contributed by atoms with van der Waals surface area (Å²) < 4.78 is 1.14. The van der Waals surface area contributed by atoms with Gasteiger partial charge in [0.1, 0.15) is 0 Å². The van der Waals surface area contributed by atoms with Gasteiger partial charge in [-0.25, -0.2) is 0 Å². The van der Waals surface area contributed by atoms with Gasteiger partial charge in [0.05, 0.1) is 0 Å². The lowest BCUT2D eigenvalue weighted by Gasteiger charge is -2.45. The van der Waals surface area contributed by atoms with Crippen molar-refractivity contribution in [2.75, 3.05) is 13.1 Å². The molecule has 2 nitrogen and oxygen atoms in total. The molecule has 0 bridgehead atoms. The van der Waals surface area contributed by atoms with E-state index in [0.29, 0.717) is 12.1 Å². The Hall–Kier alpha value is -0.380. The molecule has 1 heterocycles. The summed E-state index contributed by atoms with van der Waals surface area (Å²) in [6, 6.07) is 9.43. The van der Waals surface area contributed by atoms with Crippen LogP contribution < -0.4 is 5.73 Å². The molecule has 18 heavy (non-hydrogen) atoms. The van der Waals surface area contributed by atoms with Crippen LogP contribution in [0.15, 0.2) is 28.7 Å². The van der Waals surface area contributed by atoms with Crippen molar-refractivity contribution in [3.05, 3.63) is 34.3 Å². The zero-order chi connectivity index (χ0) is 13.3. The molecule has 100 valence electrons. The number of rotatable bonds is 2. The molecule has 0 radical (unpaired) electrons. The highest BCUT2D eigenvalue weighted by Gasteiger charge is 2.35. The van der Waals surface area contributed by atoms with Crippen molar-refractivity contribution in [2.45, 2.75) is 39.3 Å². The fraction of sp³-hybridized carbons (Fsp3) is 0.600. The minimum atomic E-state index is 0.210. The molecule has 1 aromatic rings. The Morgan fingerprint density at radius 2 is 1.94 bits per heavy atom. The number of halogens is 1. The topological polar surface area (TPSA) is 29.3 Å². The monoisotopic (exact) mass is 310 g/mol. The quantitative estimate of drug-likeness (QED) is 0.905. The molecule has 1 aromatic carbocycles. The minimum Gasteiger partial charge on any atom is -0.327 e.